The van der Waals surface area contributed by atoms with Gasteiger partial charge in [0.1, 0.15) is 6.10 Å². The lowest BCUT2D eigenvalue weighted by Crippen LogP contribution is -2.54. The summed E-state index contributed by atoms with van der Waals surface area (Å²) in [5, 5.41) is 19.1. The van der Waals surface area contributed by atoms with Crippen molar-refractivity contribution in [1.29, 1.82) is 0 Å². The van der Waals surface area contributed by atoms with Crippen molar-refractivity contribution in [2.24, 2.45) is 0 Å². The van der Waals surface area contributed by atoms with Crippen LogP contribution in [0.2, 0.25) is 0 Å². The second-order valence-corrected chi connectivity index (χ2v) is 9.27. The Labute approximate surface area is 194 Å². The molecule has 2 aliphatic heterocycles. The average molecular weight is 459 g/mol. The Hall–Kier alpha value is -2.65. The fourth-order valence-corrected chi connectivity index (χ4v) is 4.46. The van der Waals surface area contributed by atoms with Crippen molar-refractivity contribution in [1.82, 2.24) is 20.9 Å². The molecule has 3 amide bonds. The van der Waals surface area contributed by atoms with Gasteiger partial charge in [-0.05, 0) is 36.8 Å². The number of amides is 3. The van der Waals surface area contributed by atoms with Crippen LogP contribution in [0.1, 0.15) is 50.2 Å². The maximum Gasteiger partial charge on any atom is 0.410 e. The SMILES string of the molecule is CCCC(NC(=O)[C@@H]1C[C@@H](OC(=O)N2CCc3ccccc3C2)CN1)C(O)C(=O)NC1CC1. The van der Waals surface area contributed by atoms with Crippen LogP contribution in [0.3, 0.4) is 0 Å². The van der Waals surface area contributed by atoms with Gasteiger partial charge in [0.15, 0.2) is 6.10 Å². The van der Waals surface area contributed by atoms with Crippen LogP contribution >= 0.6 is 0 Å². The van der Waals surface area contributed by atoms with Crippen LogP contribution in [0.5, 0.6) is 0 Å². The molecule has 9 nitrogen and oxygen atoms in total. The molecule has 2 heterocycles. The minimum Gasteiger partial charge on any atom is -0.445 e. The first kappa shape index (κ1) is 23.5. The van der Waals surface area contributed by atoms with Crippen molar-refractivity contribution >= 4 is 17.9 Å². The molecule has 1 saturated carbocycles. The Kier molecular flexibility index (Phi) is 7.49. The molecule has 1 aliphatic carbocycles. The number of carbonyl (C=O) groups is 3. The number of nitrogens with zero attached hydrogens (tertiary/aromatic N) is 1. The summed E-state index contributed by atoms with van der Waals surface area (Å²) >= 11 is 0. The molecule has 0 bridgehead atoms. The molecule has 4 N–H and O–H groups in total. The summed E-state index contributed by atoms with van der Waals surface area (Å²) in [7, 11) is 0. The molecule has 180 valence electrons. The molecule has 9 heteroatoms. The molecular formula is C24H34N4O5. The minimum absolute atomic E-state index is 0.144. The first-order valence-electron chi connectivity index (χ1n) is 12.0. The van der Waals surface area contributed by atoms with Gasteiger partial charge in [-0.2, -0.15) is 0 Å². The van der Waals surface area contributed by atoms with Crippen LogP contribution in [0.4, 0.5) is 4.79 Å². The maximum atomic E-state index is 12.8. The molecule has 0 radical (unpaired) electrons. The number of rotatable bonds is 8. The maximum absolute atomic E-state index is 12.8. The van der Waals surface area contributed by atoms with Crippen molar-refractivity contribution in [2.45, 2.75) is 82.3 Å². The van der Waals surface area contributed by atoms with Gasteiger partial charge in [-0.25, -0.2) is 4.79 Å². The number of nitrogens with one attached hydrogen (secondary N) is 3. The lowest BCUT2D eigenvalue weighted by molar-refractivity contribution is -0.132. The zero-order valence-electron chi connectivity index (χ0n) is 19.1. The largest absolute Gasteiger partial charge is 0.445 e. The standard InChI is InChI=1S/C24H34N4O5/c1-2-5-19(21(29)23(31)26-17-8-9-17)27-22(30)20-12-18(13-25-20)33-24(32)28-11-10-15-6-3-4-7-16(15)14-28/h3-4,6-7,17-21,25,29H,2,5,8-14H2,1H3,(H,26,31)(H,27,30)/t18-,19?,20+,21?/m1/s1. The lowest BCUT2D eigenvalue weighted by atomic mass is 10.0. The van der Waals surface area contributed by atoms with E-state index in [1.165, 1.54) is 5.56 Å². The summed E-state index contributed by atoms with van der Waals surface area (Å²) < 4.78 is 5.67. The summed E-state index contributed by atoms with van der Waals surface area (Å²) in [6.45, 7) is 3.46. The van der Waals surface area contributed by atoms with Crippen molar-refractivity contribution in [2.75, 3.05) is 13.1 Å². The Morgan fingerprint density at radius 1 is 1.24 bits per heavy atom. The van der Waals surface area contributed by atoms with Gasteiger partial charge in [0.25, 0.3) is 5.91 Å². The number of ether oxygens (including phenoxy) is 1. The molecule has 2 fully saturated rings. The number of carbonyl (C=O) groups excluding carboxylic acids is 3. The monoisotopic (exact) mass is 458 g/mol. The predicted octanol–water partition coefficient (Wildman–Crippen LogP) is 0.836. The molecule has 3 aliphatic rings. The number of aliphatic hydroxyl groups excluding tert-OH is 1. The molecule has 2 unspecified atom stereocenters. The summed E-state index contributed by atoms with van der Waals surface area (Å²) in [6, 6.07) is 7.03. The highest BCUT2D eigenvalue weighted by Gasteiger charge is 2.36. The first-order valence-corrected chi connectivity index (χ1v) is 12.0. The van der Waals surface area contributed by atoms with Gasteiger partial charge in [-0.3, -0.25) is 9.59 Å². The fourth-order valence-electron chi connectivity index (χ4n) is 4.46. The highest BCUT2D eigenvalue weighted by Crippen LogP contribution is 2.21. The third-order valence-corrected chi connectivity index (χ3v) is 6.56. The van der Waals surface area contributed by atoms with Gasteiger partial charge in [-0.15, -0.1) is 0 Å². The normalized spacial score (nSPS) is 23.9. The van der Waals surface area contributed by atoms with E-state index in [4.69, 9.17) is 4.74 Å². The van der Waals surface area contributed by atoms with Gasteiger partial charge in [0, 0.05) is 32.1 Å². The second kappa shape index (κ2) is 10.5. The van der Waals surface area contributed by atoms with Crippen molar-refractivity contribution < 1.29 is 24.2 Å². The van der Waals surface area contributed by atoms with Crippen LogP contribution in [-0.2, 0) is 27.3 Å². The number of benzene rings is 1. The van der Waals surface area contributed by atoms with E-state index >= 15 is 0 Å². The number of hydrogen-bond donors (Lipinski definition) is 4. The van der Waals surface area contributed by atoms with Gasteiger partial charge in [0.2, 0.25) is 5.91 Å². The van der Waals surface area contributed by atoms with Gasteiger partial charge >= 0.3 is 6.09 Å². The van der Waals surface area contributed by atoms with Gasteiger partial charge in [0.05, 0.1) is 12.1 Å². The molecular weight excluding hydrogens is 424 g/mol. The second-order valence-electron chi connectivity index (χ2n) is 9.27. The summed E-state index contributed by atoms with van der Waals surface area (Å²) in [4.78, 5) is 39.4. The molecule has 33 heavy (non-hydrogen) atoms. The topological polar surface area (TPSA) is 120 Å². The van der Waals surface area contributed by atoms with Gasteiger partial charge in [-0.1, -0.05) is 37.6 Å². The first-order chi connectivity index (χ1) is 15.9. The van der Waals surface area contributed by atoms with E-state index in [1.54, 1.807) is 4.90 Å². The quantitative estimate of drug-likeness (QED) is 0.458. The van der Waals surface area contributed by atoms with E-state index in [0.29, 0.717) is 32.5 Å². The van der Waals surface area contributed by atoms with Crippen molar-refractivity contribution in [3.05, 3.63) is 35.4 Å². The molecule has 1 saturated heterocycles. The van der Waals surface area contributed by atoms with Gasteiger partial charge < -0.3 is 30.7 Å². The highest BCUT2D eigenvalue weighted by molar-refractivity contribution is 5.85. The van der Waals surface area contributed by atoms with E-state index in [1.807, 2.05) is 25.1 Å². The van der Waals surface area contributed by atoms with E-state index in [9.17, 15) is 19.5 Å². The third kappa shape index (κ3) is 6.03. The summed E-state index contributed by atoms with van der Waals surface area (Å²) in [5.74, 6) is -0.734. The Bertz CT molecular complexity index is 874. The van der Waals surface area contributed by atoms with Crippen LogP contribution in [0.25, 0.3) is 0 Å². The minimum atomic E-state index is -1.29. The van der Waals surface area contributed by atoms with E-state index in [2.05, 4.69) is 22.0 Å². The fraction of sp³-hybridized carbons (Fsp3) is 0.625. The van der Waals surface area contributed by atoms with E-state index in [0.717, 1.165) is 31.2 Å². The van der Waals surface area contributed by atoms with E-state index < -0.39 is 30.2 Å². The lowest BCUT2D eigenvalue weighted by Gasteiger charge is -2.29. The van der Waals surface area contributed by atoms with Crippen LogP contribution in [0.15, 0.2) is 24.3 Å². The molecule has 0 aromatic heterocycles. The molecule has 0 spiro atoms. The zero-order valence-corrected chi connectivity index (χ0v) is 19.1. The van der Waals surface area contributed by atoms with Crippen molar-refractivity contribution in [3.8, 4) is 0 Å². The van der Waals surface area contributed by atoms with Crippen LogP contribution in [-0.4, -0.2) is 71.3 Å². The highest BCUT2D eigenvalue weighted by atomic mass is 16.6. The Balaban J connectivity index is 1.25. The number of fused-ring (bicyclic) bond motifs is 1. The smallest absolute Gasteiger partial charge is 0.410 e. The molecule has 4 rings (SSSR count). The average Bonchev–Trinajstić information content (AvgIpc) is 3.51. The Morgan fingerprint density at radius 2 is 2.00 bits per heavy atom. The molecule has 1 aromatic carbocycles. The predicted molar refractivity (Wildman–Crippen MR) is 121 cm³/mol. The molecule has 1 aromatic rings. The third-order valence-electron chi connectivity index (χ3n) is 6.56. The van der Waals surface area contributed by atoms with Crippen LogP contribution < -0.4 is 16.0 Å². The number of hydrogen-bond acceptors (Lipinski definition) is 6. The van der Waals surface area contributed by atoms with Crippen molar-refractivity contribution in [3.63, 3.8) is 0 Å². The van der Waals surface area contributed by atoms with Crippen LogP contribution in [0, 0.1) is 0 Å². The Morgan fingerprint density at radius 3 is 2.73 bits per heavy atom. The zero-order chi connectivity index (χ0) is 23.4. The van der Waals surface area contributed by atoms with E-state index in [-0.39, 0.29) is 18.0 Å². The summed E-state index contributed by atoms with van der Waals surface area (Å²) in [5.41, 5.74) is 2.39. The molecule has 4 atom stereocenters. The summed E-state index contributed by atoms with van der Waals surface area (Å²) in [6.07, 6.45) is 2.17. The number of aliphatic hydroxyl groups is 1.